The third-order valence-electron chi connectivity index (χ3n) is 1.05. The summed E-state index contributed by atoms with van der Waals surface area (Å²) in [5.74, 6) is 0.0123. The largest absolute Gasteiger partial charge is 0.465 e. The van der Waals surface area contributed by atoms with Crippen LogP contribution in [0.2, 0.25) is 0 Å². The second-order valence-corrected chi connectivity index (χ2v) is 4.60. The van der Waals surface area contributed by atoms with Gasteiger partial charge in [0.05, 0.1) is 13.2 Å². The molecule has 0 unspecified atom stereocenters. The van der Waals surface area contributed by atoms with Crippen LogP contribution in [0, 0.1) is 0 Å². The lowest BCUT2D eigenvalue weighted by Crippen LogP contribution is -2.08. The Morgan fingerprint density at radius 1 is 0.929 bits per heavy atom. The molecule has 0 rings (SSSR count). The lowest BCUT2D eigenvalue weighted by Gasteiger charge is -2.01. The van der Waals surface area contributed by atoms with E-state index in [2.05, 4.69) is 0 Å². The molecule has 0 saturated heterocycles. The van der Waals surface area contributed by atoms with Crippen LogP contribution in [0.4, 0.5) is 0 Å². The molecule has 0 aromatic rings. The van der Waals surface area contributed by atoms with Gasteiger partial charge in [0.25, 0.3) is 0 Å². The number of carbonyl (C=O) groups excluding carboxylic acids is 2. The van der Waals surface area contributed by atoms with Gasteiger partial charge in [-0.2, -0.15) is 0 Å². The van der Waals surface area contributed by atoms with Crippen LogP contribution >= 0.6 is 21.6 Å². The minimum Gasteiger partial charge on any atom is -0.465 e. The quantitative estimate of drug-likeness (QED) is 0.380. The highest BCUT2D eigenvalue weighted by Crippen LogP contribution is 2.20. The van der Waals surface area contributed by atoms with E-state index in [0.717, 1.165) is 0 Å². The van der Waals surface area contributed by atoms with Crippen molar-refractivity contribution < 1.29 is 19.1 Å². The zero-order valence-corrected chi connectivity index (χ0v) is 9.91. The maximum atomic E-state index is 10.8. The minimum atomic E-state index is -0.256. The molecule has 0 aliphatic heterocycles. The zero-order valence-electron chi connectivity index (χ0n) is 8.28. The van der Waals surface area contributed by atoms with Gasteiger partial charge in [-0.1, -0.05) is 21.6 Å². The first-order valence-electron chi connectivity index (χ1n) is 4.26. The highest BCUT2D eigenvalue weighted by Gasteiger charge is 2.05. The van der Waals surface area contributed by atoms with Crippen LogP contribution in [0.25, 0.3) is 0 Å². The van der Waals surface area contributed by atoms with Crippen molar-refractivity contribution in [1.82, 2.24) is 0 Å². The summed E-state index contributed by atoms with van der Waals surface area (Å²) >= 11 is 0. The Hall–Kier alpha value is -0.360. The number of ether oxygens (including phenoxy) is 2. The lowest BCUT2D eigenvalue weighted by molar-refractivity contribution is -0.140. The average Bonchev–Trinajstić information content (AvgIpc) is 2.13. The van der Waals surface area contributed by atoms with Crippen LogP contribution < -0.4 is 0 Å². The summed E-state index contributed by atoms with van der Waals surface area (Å²) in [7, 11) is 2.59. The molecule has 0 radical (unpaired) electrons. The van der Waals surface area contributed by atoms with Crippen molar-refractivity contribution in [2.75, 3.05) is 24.7 Å². The second-order valence-electron chi connectivity index (χ2n) is 2.13. The predicted octanol–water partition coefficient (Wildman–Crippen LogP) is 1.49. The Bertz CT molecular complexity index is 164. The first kappa shape index (κ1) is 13.6. The molecule has 0 amide bonds. The van der Waals surface area contributed by atoms with E-state index in [1.54, 1.807) is 13.8 Å². The summed E-state index contributed by atoms with van der Waals surface area (Å²) in [5.41, 5.74) is 0. The van der Waals surface area contributed by atoms with E-state index in [4.69, 9.17) is 9.47 Å². The first-order valence-corrected chi connectivity index (χ1v) is 6.75. The maximum Gasteiger partial charge on any atom is 0.316 e. The number of esters is 2. The van der Waals surface area contributed by atoms with Gasteiger partial charge in [0.1, 0.15) is 11.5 Å². The fraction of sp³-hybridized carbons (Fsp3) is 0.750. The van der Waals surface area contributed by atoms with Crippen LogP contribution in [0.15, 0.2) is 0 Å². The monoisotopic (exact) mass is 238 g/mol. The molecule has 0 aliphatic rings. The second kappa shape index (κ2) is 9.21. The standard InChI is InChI=1S/C8H14O4S2/c1-3-11-7(9)5-13-14-6-8(10)12-4-2/h3-6H2,1-2H3. The number of rotatable bonds is 7. The molecule has 0 saturated carbocycles. The highest BCUT2D eigenvalue weighted by molar-refractivity contribution is 8.77. The molecular formula is C8H14O4S2. The number of hydrogen-bond acceptors (Lipinski definition) is 6. The Morgan fingerprint density at radius 2 is 1.29 bits per heavy atom. The summed E-state index contributed by atoms with van der Waals surface area (Å²) in [5, 5.41) is 0. The molecule has 0 N–H and O–H groups in total. The Balaban J connectivity index is 3.28. The van der Waals surface area contributed by atoms with Crippen molar-refractivity contribution in [2.24, 2.45) is 0 Å². The number of hydrogen-bond donors (Lipinski definition) is 0. The minimum absolute atomic E-state index is 0.256. The predicted molar refractivity (Wildman–Crippen MR) is 58.2 cm³/mol. The van der Waals surface area contributed by atoms with E-state index in [1.165, 1.54) is 21.6 Å². The molecule has 14 heavy (non-hydrogen) atoms. The summed E-state index contributed by atoms with van der Waals surface area (Å²) in [6.07, 6.45) is 0. The van der Waals surface area contributed by atoms with Crippen LogP contribution in [0.1, 0.15) is 13.8 Å². The van der Waals surface area contributed by atoms with E-state index >= 15 is 0 Å². The van der Waals surface area contributed by atoms with Gasteiger partial charge in [0.2, 0.25) is 0 Å². The maximum absolute atomic E-state index is 10.8. The fourth-order valence-corrected chi connectivity index (χ4v) is 2.19. The van der Waals surface area contributed by atoms with Gasteiger partial charge < -0.3 is 9.47 Å². The van der Waals surface area contributed by atoms with Crippen molar-refractivity contribution in [3.63, 3.8) is 0 Å². The first-order chi connectivity index (χ1) is 6.70. The van der Waals surface area contributed by atoms with Crippen molar-refractivity contribution in [2.45, 2.75) is 13.8 Å². The molecule has 6 heteroatoms. The lowest BCUT2D eigenvalue weighted by atomic mass is 10.8. The van der Waals surface area contributed by atoms with E-state index in [0.29, 0.717) is 13.2 Å². The molecule has 0 aromatic heterocycles. The SMILES string of the molecule is CCOC(=O)CSSCC(=O)OCC. The molecule has 0 heterocycles. The number of carbonyl (C=O) groups is 2. The molecule has 82 valence electrons. The molecule has 0 bridgehead atoms. The third kappa shape index (κ3) is 8.25. The molecule has 0 atom stereocenters. The van der Waals surface area contributed by atoms with Crippen LogP contribution in [-0.2, 0) is 19.1 Å². The molecule has 0 aromatic carbocycles. The summed E-state index contributed by atoms with van der Waals surface area (Å²) in [6, 6.07) is 0. The fourth-order valence-electron chi connectivity index (χ4n) is 0.585. The van der Waals surface area contributed by atoms with Gasteiger partial charge in [-0.15, -0.1) is 0 Å². The highest BCUT2D eigenvalue weighted by atomic mass is 33.1. The van der Waals surface area contributed by atoms with Gasteiger partial charge in [0, 0.05) is 0 Å². The van der Waals surface area contributed by atoms with Gasteiger partial charge in [-0.05, 0) is 13.8 Å². The van der Waals surface area contributed by atoms with Crippen molar-refractivity contribution in [1.29, 1.82) is 0 Å². The summed E-state index contributed by atoms with van der Waals surface area (Å²) in [6.45, 7) is 4.30. The Kier molecular flexibility index (Phi) is 8.97. The van der Waals surface area contributed by atoms with E-state index in [-0.39, 0.29) is 23.4 Å². The topological polar surface area (TPSA) is 52.6 Å². The van der Waals surface area contributed by atoms with E-state index in [1.807, 2.05) is 0 Å². The zero-order chi connectivity index (χ0) is 10.8. The van der Waals surface area contributed by atoms with Crippen molar-refractivity contribution >= 4 is 33.5 Å². The third-order valence-corrected chi connectivity index (χ3v) is 3.13. The van der Waals surface area contributed by atoms with E-state index < -0.39 is 0 Å². The summed E-state index contributed by atoms with van der Waals surface area (Å²) in [4.78, 5) is 21.7. The van der Waals surface area contributed by atoms with Crippen molar-refractivity contribution in [3.8, 4) is 0 Å². The Labute approximate surface area is 91.5 Å². The summed E-state index contributed by atoms with van der Waals surface area (Å²) < 4.78 is 9.41. The Morgan fingerprint density at radius 3 is 1.57 bits per heavy atom. The van der Waals surface area contributed by atoms with Crippen LogP contribution in [-0.4, -0.2) is 36.7 Å². The smallest absolute Gasteiger partial charge is 0.316 e. The van der Waals surface area contributed by atoms with Crippen molar-refractivity contribution in [3.05, 3.63) is 0 Å². The van der Waals surface area contributed by atoms with Gasteiger partial charge >= 0.3 is 11.9 Å². The normalized spacial score (nSPS) is 9.57. The van der Waals surface area contributed by atoms with Gasteiger partial charge in [-0.25, -0.2) is 0 Å². The molecular weight excluding hydrogens is 224 g/mol. The average molecular weight is 238 g/mol. The van der Waals surface area contributed by atoms with Gasteiger partial charge in [-0.3, -0.25) is 9.59 Å². The van der Waals surface area contributed by atoms with E-state index in [9.17, 15) is 9.59 Å². The van der Waals surface area contributed by atoms with Crippen LogP contribution in [0.5, 0.6) is 0 Å². The molecule has 4 nitrogen and oxygen atoms in total. The molecule has 0 spiro atoms. The molecule has 0 aliphatic carbocycles. The van der Waals surface area contributed by atoms with Crippen LogP contribution in [0.3, 0.4) is 0 Å². The van der Waals surface area contributed by atoms with Gasteiger partial charge in [0.15, 0.2) is 0 Å². The molecule has 0 fully saturated rings.